The number of aliphatic hydroxyl groups excluding tert-OH is 1. The van der Waals surface area contributed by atoms with E-state index >= 15 is 0 Å². The third-order valence-corrected chi connectivity index (χ3v) is 7.08. The fraction of sp³-hybridized carbons (Fsp3) is 0.792. The summed E-state index contributed by atoms with van der Waals surface area (Å²) in [5, 5.41) is 19.7. The first-order chi connectivity index (χ1) is 13.4. The van der Waals surface area contributed by atoms with E-state index in [-0.39, 0.29) is 5.41 Å². The molecule has 29 heavy (non-hydrogen) atoms. The van der Waals surface area contributed by atoms with Crippen LogP contribution in [0, 0.1) is 11.3 Å². The van der Waals surface area contributed by atoms with E-state index in [2.05, 4.69) is 27.4 Å². The minimum atomic E-state index is -0.875. The molecule has 0 saturated carbocycles. The first-order valence-electron chi connectivity index (χ1n) is 11.1. The van der Waals surface area contributed by atoms with Gasteiger partial charge >= 0.3 is 5.97 Å². The van der Waals surface area contributed by atoms with Gasteiger partial charge in [0.2, 0.25) is 0 Å². The second-order valence-electron chi connectivity index (χ2n) is 10.0. The van der Waals surface area contributed by atoms with E-state index in [4.69, 9.17) is 14.9 Å². The molecule has 0 bridgehead atoms. The third kappa shape index (κ3) is 6.40. The van der Waals surface area contributed by atoms with Gasteiger partial charge in [0.25, 0.3) is 0 Å². The van der Waals surface area contributed by atoms with Crippen LogP contribution in [-0.2, 0) is 14.6 Å². The van der Waals surface area contributed by atoms with Gasteiger partial charge in [-0.2, -0.15) is 0 Å². The summed E-state index contributed by atoms with van der Waals surface area (Å²) in [6, 6.07) is 0. The van der Waals surface area contributed by atoms with Crippen molar-refractivity contribution in [3.63, 3.8) is 0 Å². The van der Waals surface area contributed by atoms with Gasteiger partial charge in [-0.15, -0.1) is 0 Å². The van der Waals surface area contributed by atoms with Gasteiger partial charge in [-0.1, -0.05) is 31.6 Å². The highest BCUT2D eigenvalue weighted by molar-refractivity contribution is 5.70. The van der Waals surface area contributed by atoms with Crippen molar-refractivity contribution in [2.45, 2.75) is 110 Å². The molecule has 0 radical (unpaired) electrons. The van der Waals surface area contributed by atoms with Gasteiger partial charge in [-0.3, -0.25) is 4.79 Å². The average molecular weight is 409 g/mol. The Bertz CT molecular complexity index is 625. The third-order valence-electron chi connectivity index (χ3n) is 7.08. The molecule has 1 aliphatic carbocycles. The maximum absolute atomic E-state index is 11.1. The lowest BCUT2D eigenvalue weighted by molar-refractivity contribution is -0.411. The number of hydrogen-bond donors (Lipinski definition) is 2. The zero-order valence-corrected chi connectivity index (χ0v) is 18.9. The number of aliphatic hydroxyl groups is 1. The highest BCUT2D eigenvalue weighted by Gasteiger charge is 2.38. The van der Waals surface area contributed by atoms with Crippen molar-refractivity contribution in [3.05, 3.63) is 23.3 Å². The van der Waals surface area contributed by atoms with Crippen LogP contribution in [0.5, 0.6) is 0 Å². The molecule has 0 aromatic carbocycles. The number of carbonyl (C=O) groups is 1. The van der Waals surface area contributed by atoms with Crippen molar-refractivity contribution in [1.82, 2.24) is 0 Å². The minimum absolute atomic E-state index is 0.248. The van der Waals surface area contributed by atoms with E-state index in [9.17, 15) is 9.90 Å². The van der Waals surface area contributed by atoms with Crippen LogP contribution in [-0.4, -0.2) is 34.0 Å². The van der Waals surface area contributed by atoms with Crippen LogP contribution in [0.3, 0.4) is 0 Å². The van der Waals surface area contributed by atoms with Gasteiger partial charge in [-0.25, -0.2) is 9.78 Å². The van der Waals surface area contributed by atoms with E-state index in [1.54, 1.807) is 6.92 Å². The molecule has 0 amide bonds. The highest BCUT2D eigenvalue weighted by Crippen LogP contribution is 2.43. The summed E-state index contributed by atoms with van der Waals surface area (Å²) >= 11 is 0. The smallest absolute Gasteiger partial charge is 0.308 e. The molecule has 2 rings (SSSR count). The molecule has 4 unspecified atom stereocenters. The molecule has 166 valence electrons. The molecule has 1 fully saturated rings. The Morgan fingerprint density at radius 2 is 2.00 bits per heavy atom. The van der Waals surface area contributed by atoms with Crippen molar-refractivity contribution >= 4 is 5.97 Å². The Kier molecular flexibility index (Phi) is 8.11. The summed E-state index contributed by atoms with van der Waals surface area (Å²) in [6.07, 6.45) is 7.06. The fourth-order valence-corrected chi connectivity index (χ4v) is 4.70. The van der Waals surface area contributed by atoms with E-state index in [0.29, 0.717) is 19.3 Å². The molecule has 0 aromatic heterocycles. The van der Waals surface area contributed by atoms with Gasteiger partial charge in [-0.05, 0) is 89.5 Å². The Morgan fingerprint density at radius 1 is 1.31 bits per heavy atom. The monoisotopic (exact) mass is 408 g/mol. The maximum Gasteiger partial charge on any atom is 0.308 e. The van der Waals surface area contributed by atoms with E-state index in [0.717, 1.165) is 24.8 Å². The standard InChI is InChI=1S/C24H40O5/c1-16-8-7-13-23(4,5)19(16)10-9-17(2)20(25)11-14-24(6)15-12-21(28-29-24)18(3)22(26)27/h18,20-21,25H,2,7-15H2,1,3-6H3,(H,26,27). The SMILES string of the molecule is C=C(CCC1=C(C)CCCC1(C)C)C(O)CCC1(C)CCC(C(C)C(=O)O)OO1. The second kappa shape index (κ2) is 9.76. The van der Waals surface area contributed by atoms with Crippen LogP contribution in [0.2, 0.25) is 0 Å². The zero-order chi connectivity index (χ0) is 21.8. The molecule has 1 saturated heterocycles. The van der Waals surface area contributed by atoms with E-state index < -0.39 is 29.7 Å². The zero-order valence-electron chi connectivity index (χ0n) is 18.9. The minimum Gasteiger partial charge on any atom is -0.481 e. The normalized spacial score (nSPS) is 29.4. The highest BCUT2D eigenvalue weighted by atomic mass is 17.2. The number of carboxylic acid groups (broad SMARTS) is 1. The largest absolute Gasteiger partial charge is 0.481 e. The van der Waals surface area contributed by atoms with Gasteiger partial charge in [0.05, 0.1) is 12.0 Å². The topological polar surface area (TPSA) is 76.0 Å². The maximum atomic E-state index is 11.1. The van der Waals surface area contributed by atoms with Crippen molar-refractivity contribution < 1.29 is 24.8 Å². The lowest BCUT2D eigenvalue weighted by Crippen LogP contribution is -2.41. The predicted octanol–water partition coefficient (Wildman–Crippen LogP) is 5.58. The van der Waals surface area contributed by atoms with Gasteiger partial charge in [0.1, 0.15) is 11.7 Å². The Balaban J connectivity index is 1.79. The molecule has 4 atom stereocenters. The second-order valence-corrected chi connectivity index (χ2v) is 10.0. The molecule has 0 aromatic rings. The lowest BCUT2D eigenvalue weighted by Gasteiger charge is -2.37. The van der Waals surface area contributed by atoms with Crippen molar-refractivity contribution in [1.29, 1.82) is 0 Å². The molecule has 2 N–H and O–H groups in total. The van der Waals surface area contributed by atoms with Gasteiger partial charge in [0.15, 0.2) is 0 Å². The van der Waals surface area contributed by atoms with Gasteiger partial charge < -0.3 is 10.2 Å². The molecule has 5 heteroatoms. The number of rotatable bonds is 9. The fourth-order valence-electron chi connectivity index (χ4n) is 4.70. The summed E-state index contributed by atoms with van der Waals surface area (Å²) in [4.78, 5) is 22.0. The Morgan fingerprint density at radius 3 is 2.55 bits per heavy atom. The quantitative estimate of drug-likeness (QED) is 0.385. The molecule has 0 spiro atoms. The predicted molar refractivity (Wildman–Crippen MR) is 114 cm³/mol. The number of aliphatic carboxylic acids is 1. The number of hydrogen-bond acceptors (Lipinski definition) is 4. The van der Waals surface area contributed by atoms with Crippen molar-refractivity contribution in [2.24, 2.45) is 11.3 Å². The van der Waals surface area contributed by atoms with Crippen LogP contribution in [0.25, 0.3) is 0 Å². The van der Waals surface area contributed by atoms with Crippen LogP contribution in [0.1, 0.15) is 92.4 Å². The van der Waals surface area contributed by atoms with Gasteiger partial charge in [0, 0.05) is 0 Å². The van der Waals surface area contributed by atoms with Crippen molar-refractivity contribution in [2.75, 3.05) is 0 Å². The molecular weight excluding hydrogens is 368 g/mol. The summed E-state index contributed by atoms with van der Waals surface area (Å²) in [7, 11) is 0. The molecule has 1 aliphatic heterocycles. The molecular formula is C24H40O5. The summed E-state index contributed by atoms with van der Waals surface area (Å²) in [5.74, 6) is -1.47. The van der Waals surface area contributed by atoms with Crippen molar-refractivity contribution in [3.8, 4) is 0 Å². The van der Waals surface area contributed by atoms with Crippen LogP contribution >= 0.6 is 0 Å². The number of carboxylic acids is 1. The molecule has 5 nitrogen and oxygen atoms in total. The molecule has 2 aliphatic rings. The average Bonchev–Trinajstić information content (AvgIpc) is 2.65. The first kappa shape index (κ1) is 24.1. The van der Waals surface area contributed by atoms with Crippen LogP contribution < -0.4 is 0 Å². The van der Waals surface area contributed by atoms with Crippen LogP contribution in [0.4, 0.5) is 0 Å². The van der Waals surface area contributed by atoms with Crippen LogP contribution in [0.15, 0.2) is 23.3 Å². The lowest BCUT2D eigenvalue weighted by atomic mass is 9.71. The molecule has 1 heterocycles. The Labute approximate surface area is 176 Å². The summed E-state index contributed by atoms with van der Waals surface area (Å²) in [5.41, 5.74) is 3.67. The van der Waals surface area contributed by atoms with E-state index in [1.807, 2.05) is 6.92 Å². The summed E-state index contributed by atoms with van der Waals surface area (Å²) < 4.78 is 0. The first-order valence-corrected chi connectivity index (χ1v) is 11.1. The Hall–Kier alpha value is -1.17. The van der Waals surface area contributed by atoms with E-state index in [1.165, 1.54) is 30.4 Å². The summed E-state index contributed by atoms with van der Waals surface area (Å²) in [6.45, 7) is 14.6. The number of allylic oxidation sites excluding steroid dienone is 2.